The van der Waals surface area contributed by atoms with E-state index >= 15 is 0 Å². The number of nitro groups is 1. The molecule has 0 unspecified atom stereocenters. The van der Waals surface area contributed by atoms with Crippen molar-refractivity contribution in [3.63, 3.8) is 0 Å². The number of hydrogen-bond donors (Lipinski definition) is 1. The van der Waals surface area contributed by atoms with Gasteiger partial charge in [-0.15, -0.1) is 0 Å². The number of nitrogens with one attached hydrogen (secondary N) is 1. The smallest absolute Gasteiger partial charge is 0.312 e. The molecule has 0 aliphatic rings. The van der Waals surface area contributed by atoms with Gasteiger partial charge < -0.3 is 5.32 Å². The van der Waals surface area contributed by atoms with E-state index in [9.17, 15) is 14.9 Å². The van der Waals surface area contributed by atoms with Crippen LogP contribution in [0.1, 0.15) is 17.0 Å². The lowest BCUT2D eigenvalue weighted by Crippen LogP contribution is -2.20. The van der Waals surface area contributed by atoms with Gasteiger partial charge in [-0.3, -0.25) is 19.6 Å². The molecule has 1 amide bonds. The fourth-order valence-electron chi connectivity index (χ4n) is 2.32. The molecular weight excluding hydrogens is 330 g/mol. The molecule has 1 aromatic heterocycles. The Bertz CT molecular complexity index is 854. The minimum absolute atomic E-state index is 0.0724. The summed E-state index contributed by atoms with van der Waals surface area (Å²) in [6, 6.07) is 5.26. The maximum atomic E-state index is 12.2. The zero-order chi connectivity index (χ0) is 17.9. The van der Waals surface area contributed by atoms with Crippen LogP contribution in [0.4, 0.5) is 11.4 Å². The predicted molar refractivity (Wildman–Crippen MR) is 89.6 cm³/mol. The molecule has 124 valence electrons. The molecule has 2 aromatic rings. The second kappa shape index (κ2) is 7.14. The first-order valence-corrected chi connectivity index (χ1v) is 7.80. The number of carbonyl (C=O) groups is 1. The van der Waals surface area contributed by atoms with Crippen LogP contribution in [-0.2, 0) is 11.3 Å². The van der Waals surface area contributed by atoms with Crippen molar-refractivity contribution in [3.05, 3.63) is 45.3 Å². The van der Waals surface area contributed by atoms with E-state index in [1.165, 1.54) is 11.6 Å². The van der Waals surface area contributed by atoms with Crippen LogP contribution in [0.5, 0.6) is 0 Å². The third-order valence-corrected chi connectivity index (χ3v) is 4.04. The van der Waals surface area contributed by atoms with Gasteiger partial charge in [0.2, 0.25) is 5.91 Å². The molecule has 0 spiro atoms. The molecule has 9 heteroatoms. The van der Waals surface area contributed by atoms with Crippen LogP contribution in [0, 0.1) is 41.5 Å². The van der Waals surface area contributed by atoms with Crippen molar-refractivity contribution in [2.24, 2.45) is 0 Å². The molecule has 0 aliphatic carbocycles. The Morgan fingerprint density at radius 3 is 2.71 bits per heavy atom. The quantitative estimate of drug-likeness (QED) is 0.386. The summed E-state index contributed by atoms with van der Waals surface area (Å²) in [7, 11) is 0. The molecule has 24 heavy (non-hydrogen) atoms. The zero-order valence-electron chi connectivity index (χ0n) is 13.4. The van der Waals surface area contributed by atoms with Gasteiger partial charge in [0.25, 0.3) is 0 Å². The molecule has 2 rings (SSSR count). The Balaban J connectivity index is 2.13. The molecule has 0 saturated carbocycles. The first kappa shape index (κ1) is 17.5. The van der Waals surface area contributed by atoms with Crippen molar-refractivity contribution in [2.75, 3.05) is 5.32 Å². The monoisotopic (exact) mass is 345 g/mol. The van der Waals surface area contributed by atoms with Gasteiger partial charge in [0.1, 0.15) is 23.3 Å². The Morgan fingerprint density at radius 2 is 2.17 bits per heavy atom. The molecule has 0 bridgehead atoms. The van der Waals surface area contributed by atoms with Gasteiger partial charge in [-0.2, -0.15) is 10.4 Å². The Labute approximate surface area is 142 Å². The highest BCUT2D eigenvalue weighted by Gasteiger charge is 2.22. The number of thioether (sulfide) groups is 1. The van der Waals surface area contributed by atoms with Crippen molar-refractivity contribution >= 4 is 29.0 Å². The molecular formula is C15H15N5O3S. The normalized spacial score (nSPS) is 10.2. The molecule has 0 atom stereocenters. The van der Waals surface area contributed by atoms with Crippen LogP contribution < -0.4 is 5.32 Å². The predicted octanol–water partition coefficient (Wildman–Crippen LogP) is 2.93. The number of rotatable bonds is 5. The third kappa shape index (κ3) is 3.72. The highest BCUT2D eigenvalue weighted by molar-refractivity contribution is 8.03. The summed E-state index contributed by atoms with van der Waals surface area (Å²) in [4.78, 5) is 23.5. The average molecular weight is 345 g/mol. The van der Waals surface area contributed by atoms with Gasteiger partial charge in [0.05, 0.1) is 4.92 Å². The van der Waals surface area contributed by atoms with Crippen molar-refractivity contribution < 1.29 is 9.72 Å². The van der Waals surface area contributed by atoms with Gasteiger partial charge in [-0.25, -0.2) is 0 Å². The first-order valence-electron chi connectivity index (χ1n) is 6.98. The van der Waals surface area contributed by atoms with Crippen LogP contribution in [0.3, 0.4) is 0 Å². The topological polar surface area (TPSA) is 114 Å². The third-order valence-electron chi connectivity index (χ3n) is 3.45. The molecule has 0 aliphatic heterocycles. The van der Waals surface area contributed by atoms with Crippen molar-refractivity contribution in [1.82, 2.24) is 9.78 Å². The minimum atomic E-state index is -0.498. The number of anilines is 1. The van der Waals surface area contributed by atoms with Crippen molar-refractivity contribution in [1.29, 1.82) is 5.26 Å². The first-order chi connectivity index (χ1) is 11.3. The molecule has 8 nitrogen and oxygen atoms in total. The summed E-state index contributed by atoms with van der Waals surface area (Å²) < 4.78 is 1.32. The van der Waals surface area contributed by atoms with Crippen LogP contribution in [0.25, 0.3) is 0 Å². The second-order valence-electron chi connectivity index (χ2n) is 5.15. The maximum absolute atomic E-state index is 12.2. The summed E-state index contributed by atoms with van der Waals surface area (Å²) >= 11 is 1.04. The van der Waals surface area contributed by atoms with E-state index in [0.29, 0.717) is 11.4 Å². The van der Waals surface area contributed by atoms with Crippen molar-refractivity contribution in [2.45, 2.75) is 32.2 Å². The number of nitriles is 1. The number of hydrogen-bond acceptors (Lipinski definition) is 6. The standard InChI is InChI=1S/C15H15N5O3S/c1-9-6-12(24-8-16)4-5-13(9)17-14(21)7-19-11(3)15(20(22)23)10(2)18-19/h4-6H,7H2,1-3H3,(H,17,21). The Morgan fingerprint density at radius 1 is 1.46 bits per heavy atom. The second-order valence-corrected chi connectivity index (χ2v) is 6.01. The molecule has 0 saturated heterocycles. The van der Waals surface area contributed by atoms with E-state index in [0.717, 1.165) is 22.2 Å². The van der Waals surface area contributed by atoms with Crippen molar-refractivity contribution in [3.8, 4) is 5.40 Å². The van der Waals surface area contributed by atoms with Crippen LogP contribution in [-0.4, -0.2) is 20.6 Å². The lowest BCUT2D eigenvalue weighted by molar-refractivity contribution is -0.386. The van der Waals surface area contributed by atoms with Crippen LogP contribution in [0.15, 0.2) is 23.1 Å². The number of amides is 1. The van der Waals surface area contributed by atoms with Crippen LogP contribution in [0.2, 0.25) is 0 Å². The summed E-state index contributed by atoms with van der Waals surface area (Å²) in [5.74, 6) is -0.334. The Hall–Kier alpha value is -2.86. The van der Waals surface area contributed by atoms with Gasteiger partial charge in [0, 0.05) is 10.6 Å². The average Bonchev–Trinajstić information content (AvgIpc) is 2.76. The maximum Gasteiger partial charge on any atom is 0.312 e. The number of aromatic nitrogens is 2. The number of benzene rings is 1. The van der Waals surface area contributed by atoms with E-state index in [2.05, 4.69) is 10.4 Å². The number of carbonyl (C=O) groups excluding carboxylic acids is 1. The fraction of sp³-hybridized carbons (Fsp3) is 0.267. The molecule has 1 heterocycles. The number of nitrogens with zero attached hydrogens (tertiary/aromatic N) is 4. The van der Waals surface area contributed by atoms with Gasteiger partial charge >= 0.3 is 5.69 Å². The van der Waals surface area contributed by atoms with E-state index in [1.807, 2.05) is 12.3 Å². The number of thiocyanates is 1. The lowest BCUT2D eigenvalue weighted by atomic mass is 10.2. The van der Waals surface area contributed by atoms with E-state index in [1.54, 1.807) is 25.1 Å². The lowest BCUT2D eigenvalue weighted by Gasteiger charge is -2.10. The summed E-state index contributed by atoms with van der Waals surface area (Å²) in [6.45, 7) is 4.81. The van der Waals surface area contributed by atoms with E-state index < -0.39 is 4.92 Å². The largest absolute Gasteiger partial charge is 0.324 e. The highest BCUT2D eigenvalue weighted by atomic mass is 32.2. The van der Waals surface area contributed by atoms with Gasteiger partial charge in [-0.05, 0) is 56.3 Å². The van der Waals surface area contributed by atoms with Gasteiger partial charge in [-0.1, -0.05) is 0 Å². The van der Waals surface area contributed by atoms with E-state index in [-0.39, 0.29) is 23.8 Å². The summed E-state index contributed by atoms with van der Waals surface area (Å²) in [5.41, 5.74) is 1.99. The molecule has 0 radical (unpaired) electrons. The molecule has 0 fully saturated rings. The highest BCUT2D eigenvalue weighted by Crippen LogP contribution is 2.24. The van der Waals surface area contributed by atoms with Crippen LogP contribution >= 0.6 is 11.8 Å². The Kier molecular flexibility index (Phi) is 5.21. The SMILES string of the molecule is Cc1cc(SC#N)ccc1NC(=O)Cn1nc(C)c([N+](=O)[O-])c1C. The minimum Gasteiger partial charge on any atom is -0.324 e. The van der Waals surface area contributed by atoms with E-state index in [4.69, 9.17) is 5.26 Å². The summed E-state index contributed by atoms with van der Waals surface area (Å²) in [6.07, 6.45) is 0. The summed E-state index contributed by atoms with van der Waals surface area (Å²) in [5, 5.41) is 28.4. The molecule has 1 N–H and O–H groups in total. The zero-order valence-corrected chi connectivity index (χ0v) is 14.2. The fourth-order valence-corrected chi connectivity index (χ4v) is 2.80. The molecule has 1 aromatic carbocycles. The number of aryl methyl sites for hydroxylation is 2. The van der Waals surface area contributed by atoms with Gasteiger partial charge in [0.15, 0.2) is 0 Å².